The van der Waals surface area contributed by atoms with Gasteiger partial charge in [-0.15, -0.1) is 11.3 Å². The highest BCUT2D eigenvalue weighted by atomic mass is 79.9. The van der Waals surface area contributed by atoms with Gasteiger partial charge >= 0.3 is 0 Å². The topological polar surface area (TPSA) is 85.1 Å². The Morgan fingerprint density at radius 1 is 1.40 bits per heavy atom. The molecule has 2 aromatic rings. The number of rotatable bonds is 4. The van der Waals surface area contributed by atoms with Crippen molar-refractivity contribution in [1.29, 1.82) is 0 Å². The first-order chi connectivity index (χ1) is 9.33. The summed E-state index contributed by atoms with van der Waals surface area (Å²) in [6.07, 6.45) is 0. The molecule has 9 heteroatoms. The van der Waals surface area contributed by atoms with E-state index in [2.05, 4.69) is 41.6 Å². The number of aromatic nitrogens is 1. The average molecular weight is 441 g/mol. The van der Waals surface area contributed by atoms with Crippen molar-refractivity contribution < 1.29 is 8.42 Å². The van der Waals surface area contributed by atoms with Gasteiger partial charge in [-0.05, 0) is 57.0 Å². The zero-order valence-corrected chi connectivity index (χ0v) is 15.2. The van der Waals surface area contributed by atoms with Crippen LogP contribution in [0.5, 0.6) is 0 Å². The maximum atomic E-state index is 12.3. The van der Waals surface area contributed by atoms with Crippen molar-refractivity contribution in [2.45, 2.75) is 18.4 Å². The van der Waals surface area contributed by atoms with Gasteiger partial charge in [0.25, 0.3) is 10.0 Å². The summed E-state index contributed by atoms with van der Waals surface area (Å²) in [7, 11) is -3.68. The van der Waals surface area contributed by atoms with E-state index < -0.39 is 10.0 Å². The molecule has 0 aliphatic rings. The molecule has 5 nitrogen and oxygen atoms in total. The lowest BCUT2D eigenvalue weighted by molar-refractivity contribution is 0.601. The maximum absolute atomic E-state index is 12.3. The molecule has 0 aliphatic heterocycles. The predicted molar refractivity (Wildman–Crippen MR) is 87.4 cm³/mol. The molecule has 0 saturated carbocycles. The highest BCUT2D eigenvalue weighted by Crippen LogP contribution is 2.32. The third-order valence-electron chi connectivity index (χ3n) is 2.46. The Morgan fingerprint density at radius 2 is 2.10 bits per heavy atom. The largest absolute Gasteiger partial charge is 0.326 e. The Balaban J connectivity index is 2.35. The van der Waals surface area contributed by atoms with E-state index in [-0.39, 0.29) is 10.7 Å². The van der Waals surface area contributed by atoms with Crippen LogP contribution in [0.25, 0.3) is 0 Å². The van der Waals surface area contributed by atoms with Gasteiger partial charge in [-0.1, -0.05) is 0 Å². The van der Waals surface area contributed by atoms with Crippen molar-refractivity contribution in [3.8, 4) is 0 Å². The second-order valence-electron chi connectivity index (χ2n) is 3.92. The van der Waals surface area contributed by atoms with Crippen LogP contribution in [0.1, 0.15) is 10.6 Å². The summed E-state index contributed by atoms with van der Waals surface area (Å²) < 4.78 is 28.4. The van der Waals surface area contributed by atoms with E-state index >= 15 is 0 Å². The minimum atomic E-state index is -3.68. The SMILES string of the molecule is Cc1nc(NS(=O)(=O)c2cc(CN)sc2Br)ccc1Br. The monoisotopic (exact) mass is 439 g/mol. The molecule has 0 bridgehead atoms. The van der Waals surface area contributed by atoms with Gasteiger partial charge in [0.15, 0.2) is 0 Å². The minimum absolute atomic E-state index is 0.172. The third kappa shape index (κ3) is 3.40. The molecule has 0 radical (unpaired) electrons. The molecule has 0 atom stereocenters. The standard InChI is InChI=1S/C11H11Br2N3O2S2/c1-6-8(12)2-3-10(15-6)16-20(17,18)9-4-7(5-14)19-11(9)13/h2-4H,5,14H2,1H3,(H,15,16). The van der Waals surface area contributed by atoms with Gasteiger partial charge in [0, 0.05) is 15.9 Å². The number of thiophene rings is 1. The van der Waals surface area contributed by atoms with Gasteiger partial charge in [-0.2, -0.15) is 0 Å². The lowest BCUT2D eigenvalue weighted by Crippen LogP contribution is -2.14. The summed E-state index contributed by atoms with van der Waals surface area (Å²) in [5, 5.41) is 0. The van der Waals surface area contributed by atoms with Crippen LogP contribution < -0.4 is 10.5 Å². The fourth-order valence-electron chi connectivity index (χ4n) is 1.48. The Morgan fingerprint density at radius 3 is 2.65 bits per heavy atom. The number of aryl methyl sites for hydroxylation is 1. The van der Waals surface area contributed by atoms with E-state index in [0.717, 1.165) is 9.35 Å². The fraction of sp³-hybridized carbons (Fsp3) is 0.182. The highest BCUT2D eigenvalue weighted by Gasteiger charge is 2.21. The van der Waals surface area contributed by atoms with Crippen LogP contribution in [0.15, 0.2) is 31.4 Å². The number of anilines is 1. The summed E-state index contributed by atoms with van der Waals surface area (Å²) >= 11 is 7.87. The number of sulfonamides is 1. The van der Waals surface area contributed by atoms with Crippen LogP contribution in [0.4, 0.5) is 5.82 Å². The van der Waals surface area contributed by atoms with E-state index in [4.69, 9.17) is 5.73 Å². The summed E-state index contributed by atoms with van der Waals surface area (Å²) in [6, 6.07) is 4.90. The summed E-state index contributed by atoms with van der Waals surface area (Å²) in [5.74, 6) is 0.276. The Bertz CT molecular complexity index is 744. The normalized spacial score (nSPS) is 11.6. The van der Waals surface area contributed by atoms with Crippen molar-refractivity contribution in [1.82, 2.24) is 4.98 Å². The molecule has 0 aliphatic carbocycles. The zero-order valence-electron chi connectivity index (χ0n) is 10.4. The van der Waals surface area contributed by atoms with Gasteiger partial charge in [-0.25, -0.2) is 13.4 Å². The third-order valence-corrected chi connectivity index (χ3v) is 6.92. The Kier molecular flexibility index (Phi) is 4.85. The number of nitrogens with one attached hydrogen (secondary N) is 1. The molecule has 20 heavy (non-hydrogen) atoms. The lowest BCUT2D eigenvalue weighted by atomic mass is 10.4. The molecular weight excluding hydrogens is 430 g/mol. The van der Waals surface area contributed by atoms with Crippen molar-refractivity contribution in [2.24, 2.45) is 5.73 Å². The molecule has 3 N–H and O–H groups in total. The van der Waals surface area contributed by atoms with Crippen LogP contribution in [0.2, 0.25) is 0 Å². The quantitative estimate of drug-likeness (QED) is 0.764. The van der Waals surface area contributed by atoms with Gasteiger partial charge in [0.2, 0.25) is 0 Å². The van der Waals surface area contributed by atoms with E-state index in [0.29, 0.717) is 16.0 Å². The van der Waals surface area contributed by atoms with E-state index in [1.807, 2.05) is 0 Å². The number of pyridine rings is 1. The van der Waals surface area contributed by atoms with E-state index in [1.54, 1.807) is 25.1 Å². The van der Waals surface area contributed by atoms with Crippen LogP contribution in [-0.2, 0) is 16.6 Å². The Hall–Kier alpha value is -0.480. The highest BCUT2D eigenvalue weighted by molar-refractivity contribution is 9.11. The summed E-state index contributed by atoms with van der Waals surface area (Å²) in [6.45, 7) is 2.09. The van der Waals surface area contributed by atoms with Crippen molar-refractivity contribution in [2.75, 3.05) is 4.72 Å². The molecule has 0 spiro atoms. The number of nitrogens with two attached hydrogens (primary N) is 1. The number of hydrogen-bond acceptors (Lipinski definition) is 5. The van der Waals surface area contributed by atoms with Gasteiger partial charge in [0.05, 0.1) is 9.48 Å². The number of halogens is 2. The fourth-order valence-corrected chi connectivity index (χ4v) is 5.26. The van der Waals surface area contributed by atoms with Crippen molar-refractivity contribution in [3.63, 3.8) is 0 Å². The second-order valence-corrected chi connectivity index (χ2v) is 8.88. The van der Waals surface area contributed by atoms with Crippen LogP contribution in [0.3, 0.4) is 0 Å². The van der Waals surface area contributed by atoms with Crippen molar-refractivity contribution >= 4 is 59.0 Å². The molecular formula is C11H11Br2N3O2S2. The first-order valence-electron chi connectivity index (χ1n) is 5.47. The molecule has 2 aromatic heterocycles. The molecule has 0 saturated heterocycles. The first kappa shape index (κ1) is 15.9. The van der Waals surface area contributed by atoms with Crippen molar-refractivity contribution in [3.05, 3.63) is 37.0 Å². The van der Waals surface area contributed by atoms with Crippen LogP contribution >= 0.6 is 43.2 Å². The smallest absolute Gasteiger partial charge is 0.265 e. The maximum Gasteiger partial charge on any atom is 0.265 e. The Labute approximate surface area is 137 Å². The molecule has 0 aromatic carbocycles. The number of hydrogen-bond donors (Lipinski definition) is 2. The molecule has 108 valence electrons. The molecule has 0 fully saturated rings. The summed E-state index contributed by atoms with van der Waals surface area (Å²) in [4.78, 5) is 5.13. The van der Waals surface area contributed by atoms with E-state index in [1.165, 1.54) is 11.3 Å². The average Bonchev–Trinajstić information content (AvgIpc) is 2.76. The summed E-state index contributed by atoms with van der Waals surface area (Å²) in [5.41, 5.74) is 6.23. The molecule has 2 rings (SSSR count). The van der Waals surface area contributed by atoms with Crippen LogP contribution in [0, 0.1) is 6.92 Å². The van der Waals surface area contributed by atoms with Gasteiger partial charge in [-0.3, -0.25) is 4.72 Å². The van der Waals surface area contributed by atoms with Gasteiger partial charge in [0.1, 0.15) is 10.7 Å². The van der Waals surface area contributed by atoms with E-state index in [9.17, 15) is 8.42 Å². The first-order valence-corrected chi connectivity index (χ1v) is 9.36. The predicted octanol–water partition coefficient (Wildman–Crippen LogP) is 3.24. The molecule has 2 heterocycles. The zero-order chi connectivity index (χ0) is 14.9. The second kappa shape index (κ2) is 6.10. The number of nitrogens with zero attached hydrogens (tertiary/aromatic N) is 1. The minimum Gasteiger partial charge on any atom is -0.326 e. The molecule has 0 unspecified atom stereocenters. The van der Waals surface area contributed by atoms with Crippen LogP contribution in [-0.4, -0.2) is 13.4 Å². The van der Waals surface area contributed by atoms with Gasteiger partial charge < -0.3 is 5.73 Å². The molecule has 0 amide bonds. The lowest BCUT2D eigenvalue weighted by Gasteiger charge is -2.07.